The lowest BCUT2D eigenvalue weighted by atomic mass is 10.1. The molecule has 2 nitrogen and oxygen atoms in total. The maximum Gasteiger partial charge on any atom is 0.0568 e. The highest BCUT2D eigenvalue weighted by atomic mass is 35.5. The molecule has 1 aromatic heterocycles. The van der Waals surface area contributed by atoms with Crippen LogP contribution in [0, 0.1) is 6.92 Å². The number of H-pyrrole nitrogens is 1. The van der Waals surface area contributed by atoms with Crippen molar-refractivity contribution in [2.45, 2.75) is 6.92 Å². The van der Waals surface area contributed by atoms with Crippen LogP contribution in [0.4, 0.5) is 0 Å². The first-order valence-corrected chi connectivity index (χ1v) is 4.41. The Morgan fingerprint density at radius 3 is 2.85 bits per heavy atom. The van der Waals surface area contributed by atoms with E-state index in [1.807, 2.05) is 31.2 Å². The summed E-state index contributed by atoms with van der Waals surface area (Å²) in [5.74, 6) is 0. The van der Waals surface area contributed by atoms with Crippen molar-refractivity contribution in [1.82, 2.24) is 10.2 Å². The van der Waals surface area contributed by atoms with Crippen LogP contribution < -0.4 is 0 Å². The Hall–Kier alpha value is -1.28. The van der Waals surface area contributed by atoms with Gasteiger partial charge in [-0.25, -0.2) is 0 Å². The number of hydrogen-bond acceptors (Lipinski definition) is 1. The first kappa shape index (κ1) is 8.32. The molecule has 0 radical (unpaired) electrons. The van der Waals surface area contributed by atoms with Crippen LogP contribution in [0.3, 0.4) is 0 Å². The van der Waals surface area contributed by atoms with Crippen LogP contribution in [0.1, 0.15) is 5.69 Å². The Balaban J connectivity index is 2.53. The van der Waals surface area contributed by atoms with Crippen LogP contribution in [0.5, 0.6) is 0 Å². The summed E-state index contributed by atoms with van der Waals surface area (Å²) >= 11 is 5.88. The molecule has 1 heterocycles. The number of nitrogens with zero attached hydrogens (tertiary/aromatic N) is 1. The minimum atomic E-state index is 0.748. The van der Waals surface area contributed by atoms with Gasteiger partial charge in [0.15, 0.2) is 0 Å². The summed E-state index contributed by atoms with van der Waals surface area (Å²) in [5.41, 5.74) is 3.25. The molecule has 0 aliphatic heterocycles. The highest BCUT2D eigenvalue weighted by molar-refractivity contribution is 6.30. The smallest absolute Gasteiger partial charge is 0.0568 e. The molecule has 3 heteroatoms. The third-order valence-corrected chi connectivity index (χ3v) is 2.20. The van der Waals surface area contributed by atoms with Crippen molar-refractivity contribution >= 4 is 11.6 Å². The molecule has 13 heavy (non-hydrogen) atoms. The minimum absolute atomic E-state index is 0.748. The lowest BCUT2D eigenvalue weighted by molar-refractivity contribution is 1.05. The van der Waals surface area contributed by atoms with Gasteiger partial charge in [0.2, 0.25) is 0 Å². The van der Waals surface area contributed by atoms with Gasteiger partial charge in [-0.1, -0.05) is 23.7 Å². The molecule has 0 saturated carbocycles. The molecule has 0 bridgehead atoms. The number of benzene rings is 1. The van der Waals surface area contributed by atoms with Crippen molar-refractivity contribution in [2.24, 2.45) is 0 Å². The predicted octanol–water partition coefficient (Wildman–Crippen LogP) is 3.04. The fourth-order valence-corrected chi connectivity index (χ4v) is 1.49. The molecule has 0 saturated heterocycles. The topological polar surface area (TPSA) is 28.7 Å². The molecule has 1 aromatic carbocycles. The number of rotatable bonds is 1. The van der Waals surface area contributed by atoms with E-state index in [9.17, 15) is 0 Å². The molecule has 0 fully saturated rings. The maximum atomic E-state index is 5.88. The zero-order valence-corrected chi connectivity index (χ0v) is 7.97. The molecule has 0 unspecified atom stereocenters. The van der Waals surface area contributed by atoms with Gasteiger partial charge in [-0.2, -0.15) is 5.10 Å². The molecule has 2 rings (SSSR count). The van der Waals surface area contributed by atoms with E-state index < -0.39 is 0 Å². The van der Waals surface area contributed by atoms with E-state index in [2.05, 4.69) is 10.2 Å². The largest absolute Gasteiger partial charge is 0.282 e. The first-order valence-electron chi connectivity index (χ1n) is 4.03. The van der Waals surface area contributed by atoms with Crippen LogP contribution in [-0.4, -0.2) is 10.2 Å². The SMILES string of the molecule is Cc1[nH]ncc1-c1cccc(Cl)c1. The fourth-order valence-electron chi connectivity index (χ4n) is 1.30. The van der Waals surface area contributed by atoms with Crippen molar-refractivity contribution in [2.75, 3.05) is 0 Å². The number of halogens is 1. The molecule has 2 aromatic rings. The molecular formula is C10H9ClN2. The molecule has 0 aliphatic carbocycles. The minimum Gasteiger partial charge on any atom is -0.282 e. The zero-order valence-electron chi connectivity index (χ0n) is 7.21. The Labute approximate surface area is 81.6 Å². The normalized spacial score (nSPS) is 10.3. The van der Waals surface area contributed by atoms with E-state index in [1.54, 1.807) is 6.20 Å². The summed E-state index contributed by atoms with van der Waals surface area (Å²) in [4.78, 5) is 0. The number of hydrogen-bond donors (Lipinski definition) is 1. The molecule has 0 amide bonds. The zero-order chi connectivity index (χ0) is 9.26. The van der Waals surface area contributed by atoms with Crippen molar-refractivity contribution in [3.8, 4) is 11.1 Å². The summed E-state index contributed by atoms with van der Waals surface area (Å²) in [5, 5.41) is 7.60. The van der Waals surface area contributed by atoms with Gasteiger partial charge in [0.1, 0.15) is 0 Å². The molecule has 1 N–H and O–H groups in total. The molecule has 66 valence electrons. The van der Waals surface area contributed by atoms with E-state index >= 15 is 0 Å². The van der Waals surface area contributed by atoms with Crippen molar-refractivity contribution in [1.29, 1.82) is 0 Å². The average molecular weight is 193 g/mol. The lowest BCUT2D eigenvalue weighted by Gasteiger charge is -1.98. The van der Waals surface area contributed by atoms with Gasteiger partial charge >= 0.3 is 0 Å². The fraction of sp³-hybridized carbons (Fsp3) is 0.100. The highest BCUT2D eigenvalue weighted by Gasteiger charge is 2.02. The third-order valence-electron chi connectivity index (χ3n) is 1.97. The van der Waals surface area contributed by atoms with Crippen molar-refractivity contribution < 1.29 is 0 Å². The van der Waals surface area contributed by atoms with Gasteiger partial charge in [-0.3, -0.25) is 5.10 Å². The molecular weight excluding hydrogens is 184 g/mol. The van der Waals surface area contributed by atoms with Gasteiger partial charge in [0.05, 0.1) is 6.20 Å². The summed E-state index contributed by atoms with van der Waals surface area (Å²) < 4.78 is 0. The van der Waals surface area contributed by atoms with Crippen LogP contribution in [0.25, 0.3) is 11.1 Å². The Kier molecular flexibility index (Phi) is 2.07. The Morgan fingerprint density at radius 1 is 1.38 bits per heavy atom. The molecule has 0 aliphatic rings. The van der Waals surface area contributed by atoms with Crippen LogP contribution >= 0.6 is 11.6 Å². The number of aromatic nitrogens is 2. The van der Waals surface area contributed by atoms with Gasteiger partial charge in [0, 0.05) is 16.3 Å². The standard InChI is InChI=1S/C10H9ClN2/c1-7-10(6-12-13-7)8-3-2-4-9(11)5-8/h2-6H,1H3,(H,12,13). The monoisotopic (exact) mass is 192 g/mol. The second kappa shape index (κ2) is 3.23. The van der Waals surface area contributed by atoms with Crippen LogP contribution in [0.2, 0.25) is 5.02 Å². The van der Waals surface area contributed by atoms with E-state index in [0.29, 0.717) is 0 Å². The van der Waals surface area contributed by atoms with E-state index in [-0.39, 0.29) is 0 Å². The van der Waals surface area contributed by atoms with Gasteiger partial charge in [-0.05, 0) is 24.6 Å². The summed E-state index contributed by atoms with van der Waals surface area (Å²) in [6, 6.07) is 7.74. The maximum absolute atomic E-state index is 5.88. The second-order valence-corrected chi connectivity index (χ2v) is 3.36. The van der Waals surface area contributed by atoms with Gasteiger partial charge in [-0.15, -0.1) is 0 Å². The Bertz CT molecular complexity index is 420. The number of nitrogens with one attached hydrogen (secondary N) is 1. The number of aryl methyl sites for hydroxylation is 1. The van der Waals surface area contributed by atoms with Gasteiger partial charge < -0.3 is 0 Å². The third kappa shape index (κ3) is 1.58. The highest BCUT2D eigenvalue weighted by Crippen LogP contribution is 2.23. The second-order valence-electron chi connectivity index (χ2n) is 2.92. The molecule has 0 atom stereocenters. The van der Waals surface area contributed by atoms with E-state index in [1.165, 1.54) is 0 Å². The van der Waals surface area contributed by atoms with Crippen LogP contribution in [0.15, 0.2) is 30.5 Å². The quantitative estimate of drug-likeness (QED) is 0.739. The summed E-state index contributed by atoms with van der Waals surface area (Å²) in [6.45, 7) is 1.99. The van der Waals surface area contributed by atoms with Crippen LogP contribution in [-0.2, 0) is 0 Å². The summed E-state index contributed by atoms with van der Waals surface area (Å²) in [6.07, 6.45) is 1.81. The predicted molar refractivity (Wildman–Crippen MR) is 53.8 cm³/mol. The number of aromatic amines is 1. The first-order chi connectivity index (χ1) is 6.27. The Morgan fingerprint density at radius 2 is 2.23 bits per heavy atom. The molecule has 0 spiro atoms. The van der Waals surface area contributed by atoms with E-state index in [4.69, 9.17) is 11.6 Å². The van der Waals surface area contributed by atoms with Crippen molar-refractivity contribution in [3.05, 3.63) is 41.2 Å². The summed E-state index contributed by atoms with van der Waals surface area (Å²) in [7, 11) is 0. The van der Waals surface area contributed by atoms with E-state index in [0.717, 1.165) is 21.8 Å². The average Bonchev–Trinajstić information content (AvgIpc) is 2.51. The van der Waals surface area contributed by atoms with Crippen molar-refractivity contribution in [3.63, 3.8) is 0 Å². The lowest BCUT2D eigenvalue weighted by Crippen LogP contribution is -1.78. The van der Waals surface area contributed by atoms with Gasteiger partial charge in [0.25, 0.3) is 0 Å².